The summed E-state index contributed by atoms with van der Waals surface area (Å²) in [5.41, 5.74) is 6.05. The molecular weight excluding hydrogens is 771 g/mol. The number of anilines is 6. The van der Waals surface area contributed by atoms with Crippen molar-refractivity contribution < 1.29 is 18.9 Å². The highest BCUT2D eigenvalue weighted by Gasteiger charge is 2.54. The predicted molar refractivity (Wildman–Crippen MR) is 233 cm³/mol. The van der Waals surface area contributed by atoms with Gasteiger partial charge in [0.25, 0.3) is 0 Å². The second-order valence-corrected chi connectivity index (χ2v) is 23.1. The second kappa shape index (κ2) is 10.1. The molecular formula is C46H24N2O4P2S2. The third-order valence-electron chi connectivity index (χ3n) is 11.9. The Labute approximate surface area is 331 Å². The van der Waals surface area contributed by atoms with E-state index >= 15 is 0 Å². The van der Waals surface area contributed by atoms with Gasteiger partial charge >= 0.3 is 0 Å². The first-order valence-electron chi connectivity index (χ1n) is 18.4. The van der Waals surface area contributed by atoms with Crippen LogP contribution in [0.1, 0.15) is 0 Å². The molecule has 10 heteroatoms. The summed E-state index contributed by atoms with van der Waals surface area (Å²) in [6.45, 7) is 0. The van der Waals surface area contributed by atoms with Crippen molar-refractivity contribution in [1.29, 1.82) is 0 Å². The Bertz CT molecular complexity index is 3090. The van der Waals surface area contributed by atoms with E-state index in [9.17, 15) is 0 Å². The SMILES string of the molecule is S=P12c3c4cccc3Oc3cc5cc6c7c(c5c(c31)N(c1ccccc1)c1cccc(c12)O4)N(c1ccccc1)c1cccc2c1P7(=S)c1c(cccc1O6)O2. The van der Waals surface area contributed by atoms with Crippen molar-refractivity contribution in [3.8, 4) is 46.0 Å². The van der Waals surface area contributed by atoms with Crippen molar-refractivity contribution in [3.05, 3.63) is 146 Å². The first kappa shape index (κ1) is 30.4. The number of rotatable bonds is 2. The number of fused-ring (bicyclic) bond motifs is 3. The van der Waals surface area contributed by atoms with Crippen LogP contribution in [-0.4, -0.2) is 0 Å². The summed E-state index contributed by atoms with van der Waals surface area (Å²) in [6.07, 6.45) is 0. The van der Waals surface area contributed by atoms with Crippen LogP contribution in [0.25, 0.3) is 10.8 Å². The van der Waals surface area contributed by atoms with Crippen LogP contribution in [0.5, 0.6) is 46.0 Å². The number of para-hydroxylation sites is 2. The largest absolute Gasteiger partial charge is 0.456 e. The number of hydrogen-bond donors (Lipinski definition) is 0. The van der Waals surface area contributed by atoms with Crippen molar-refractivity contribution >= 4 is 112 Å². The zero-order chi connectivity index (χ0) is 36.7. The van der Waals surface area contributed by atoms with Gasteiger partial charge in [0.2, 0.25) is 0 Å². The molecule has 6 nitrogen and oxygen atoms in total. The first-order valence-corrected chi connectivity index (χ1v) is 24.0. The van der Waals surface area contributed by atoms with E-state index in [2.05, 4.69) is 119 Å². The Hall–Kier alpha value is -5.88. The van der Waals surface area contributed by atoms with Crippen LogP contribution in [0, 0.1) is 0 Å². The van der Waals surface area contributed by atoms with Gasteiger partial charge in [-0.05, 0) is 90.3 Å². The minimum Gasteiger partial charge on any atom is -0.456 e. The summed E-state index contributed by atoms with van der Waals surface area (Å²) in [7, 11) is 0. The lowest BCUT2D eigenvalue weighted by Gasteiger charge is -2.48. The highest BCUT2D eigenvalue weighted by molar-refractivity contribution is 8.26. The lowest BCUT2D eigenvalue weighted by atomic mass is 10.00. The lowest BCUT2D eigenvalue weighted by molar-refractivity contribution is 0.466. The van der Waals surface area contributed by atoms with Crippen molar-refractivity contribution in [3.63, 3.8) is 0 Å². The smallest absolute Gasteiger partial charge is 0.140 e. The monoisotopic (exact) mass is 794 g/mol. The fourth-order valence-corrected chi connectivity index (χ4v) is 19.9. The van der Waals surface area contributed by atoms with E-state index in [1.165, 1.54) is 0 Å². The molecule has 14 rings (SSSR count). The Morgan fingerprint density at radius 2 is 0.714 bits per heavy atom. The van der Waals surface area contributed by atoms with E-state index in [1.807, 2.05) is 36.4 Å². The molecule has 0 radical (unpaired) electrons. The zero-order valence-corrected chi connectivity index (χ0v) is 32.5. The Kier molecular flexibility index (Phi) is 5.47. The van der Waals surface area contributed by atoms with Gasteiger partial charge in [0.05, 0.1) is 66.7 Å². The molecule has 2 atom stereocenters. The minimum absolute atomic E-state index is 0.749. The van der Waals surface area contributed by atoms with Gasteiger partial charge < -0.3 is 28.7 Å². The van der Waals surface area contributed by atoms with Crippen LogP contribution in [0.2, 0.25) is 0 Å². The second-order valence-electron chi connectivity index (χ2n) is 14.7. The summed E-state index contributed by atoms with van der Waals surface area (Å²) in [5, 5.41) is 8.10. The molecule has 0 N–H and O–H groups in total. The molecule has 0 aromatic heterocycles. The van der Waals surface area contributed by atoms with Crippen LogP contribution < -0.4 is 60.6 Å². The molecule has 0 saturated carbocycles. The molecule has 0 spiro atoms. The standard InChI is InChI=1S/C46H24N2O4P2S2/c55-53-41-28-15-7-17-30(41)49-32-19-9-21-34(43(32)53)51-36-23-25-24-37-46-40(38(25)39(45(36)53)47(28)26-11-3-1-4-12-26)48(27-13-5-2-6-14-27)29-16-8-18-31-42(29)54(46,56)44-33(50-31)20-10-22-35(44)52-37/h1-24H. The van der Waals surface area contributed by atoms with Gasteiger partial charge in [-0.15, -0.1) is 0 Å². The molecule has 6 aliphatic heterocycles. The third kappa shape index (κ3) is 3.37. The van der Waals surface area contributed by atoms with Crippen molar-refractivity contribution in [2.75, 3.05) is 9.80 Å². The highest BCUT2D eigenvalue weighted by Crippen LogP contribution is 2.70. The quantitative estimate of drug-likeness (QED) is 0.160. The Balaban J connectivity index is 1.24. The van der Waals surface area contributed by atoms with Crippen LogP contribution in [0.3, 0.4) is 0 Å². The molecule has 6 heterocycles. The van der Waals surface area contributed by atoms with Crippen LogP contribution in [0.4, 0.5) is 34.1 Å². The molecule has 0 amide bonds. The van der Waals surface area contributed by atoms with Gasteiger partial charge in [-0.3, -0.25) is 0 Å². The van der Waals surface area contributed by atoms with Crippen molar-refractivity contribution in [2.45, 2.75) is 0 Å². The highest BCUT2D eigenvalue weighted by atomic mass is 32.4. The third-order valence-corrected chi connectivity index (χ3v) is 21.6. The number of ether oxygens (including phenoxy) is 4. The molecule has 0 bridgehead atoms. The summed E-state index contributed by atoms with van der Waals surface area (Å²) >= 11 is 14.5. The van der Waals surface area contributed by atoms with E-state index in [0.29, 0.717) is 0 Å². The first-order chi connectivity index (χ1) is 27.5. The number of hydrogen-bond acceptors (Lipinski definition) is 8. The summed E-state index contributed by atoms with van der Waals surface area (Å²) in [4.78, 5) is 4.77. The van der Waals surface area contributed by atoms with Gasteiger partial charge in [0, 0.05) is 16.8 Å². The molecule has 0 saturated heterocycles. The molecule has 0 aliphatic carbocycles. The van der Waals surface area contributed by atoms with Gasteiger partial charge in [-0.1, -0.05) is 84.3 Å². The predicted octanol–water partition coefficient (Wildman–Crippen LogP) is 10.3. The van der Waals surface area contributed by atoms with E-state index < -0.39 is 12.1 Å². The number of nitrogens with zero attached hydrogens (tertiary/aromatic N) is 2. The fourth-order valence-electron chi connectivity index (χ4n) is 9.87. The molecule has 2 unspecified atom stereocenters. The van der Waals surface area contributed by atoms with Crippen LogP contribution >= 0.6 is 12.1 Å². The fraction of sp³-hybridized carbons (Fsp3) is 0. The van der Waals surface area contributed by atoms with Crippen molar-refractivity contribution in [1.82, 2.24) is 0 Å². The maximum atomic E-state index is 7.23. The molecule has 6 aliphatic rings. The zero-order valence-electron chi connectivity index (χ0n) is 29.1. The molecule has 8 aromatic rings. The van der Waals surface area contributed by atoms with E-state index in [4.69, 9.17) is 42.6 Å². The molecule has 8 aromatic carbocycles. The van der Waals surface area contributed by atoms with E-state index in [0.717, 1.165) is 123 Å². The maximum Gasteiger partial charge on any atom is 0.140 e. The summed E-state index contributed by atoms with van der Waals surface area (Å²) in [5.74, 6) is 6.12. The van der Waals surface area contributed by atoms with Gasteiger partial charge in [0.1, 0.15) is 46.0 Å². The lowest BCUT2D eigenvalue weighted by Crippen LogP contribution is -2.44. The molecule has 0 fully saturated rings. The molecule has 264 valence electrons. The summed E-state index contributed by atoms with van der Waals surface area (Å²) < 4.78 is 27.4. The normalized spacial score (nSPS) is 19.9. The topological polar surface area (TPSA) is 43.4 Å². The van der Waals surface area contributed by atoms with Crippen LogP contribution in [0.15, 0.2) is 146 Å². The summed E-state index contributed by atoms with van der Waals surface area (Å²) in [6, 6.07) is 44.7. The maximum absolute atomic E-state index is 7.23. The Morgan fingerprint density at radius 1 is 0.357 bits per heavy atom. The van der Waals surface area contributed by atoms with Gasteiger partial charge in [0.15, 0.2) is 0 Å². The average molecular weight is 795 g/mol. The van der Waals surface area contributed by atoms with E-state index in [1.54, 1.807) is 0 Å². The minimum atomic E-state index is -2.77. The van der Waals surface area contributed by atoms with E-state index in [-0.39, 0.29) is 0 Å². The van der Waals surface area contributed by atoms with Crippen LogP contribution in [-0.2, 0) is 23.6 Å². The Morgan fingerprint density at radius 3 is 1.12 bits per heavy atom. The molecule has 56 heavy (non-hydrogen) atoms. The van der Waals surface area contributed by atoms with Gasteiger partial charge in [-0.2, -0.15) is 0 Å². The average Bonchev–Trinajstić information content (AvgIpc) is 3.21. The van der Waals surface area contributed by atoms with Gasteiger partial charge in [-0.25, -0.2) is 0 Å². The van der Waals surface area contributed by atoms with Crippen molar-refractivity contribution in [2.24, 2.45) is 0 Å². The number of benzene rings is 8.